The highest BCUT2D eigenvalue weighted by Crippen LogP contribution is 2.45. The Kier molecular flexibility index (Phi) is 3.24. The first-order valence-electron chi connectivity index (χ1n) is 6.66. The van der Waals surface area contributed by atoms with Crippen molar-refractivity contribution < 1.29 is 9.59 Å². The average molecular weight is 234 g/mol. The van der Waals surface area contributed by atoms with Crippen LogP contribution in [0.1, 0.15) is 40.5 Å². The van der Waals surface area contributed by atoms with Crippen LogP contribution in [0.25, 0.3) is 0 Å². The molecule has 0 saturated heterocycles. The molecule has 2 aliphatic rings. The fourth-order valence-corrected chi connectivity index (χ4v) is 3.60. The van der Waals surface area contributed by atoms with Crippen molar-refractivity contribution >= 4 is 11.6 Å². The lowest BCUT2D eigenvalue weighted by molar-refractivity contribution is -0.134. The van der Waals surface area contributed by atoms with Gasteiger partial charge in [0.15, 0.2) is 5.78 Å². The Balaban J connectivity index is 2.37. The van der Waals surface area contributed by atoms with Crippen LogP contribution in [0.4, 0.5) is 0 Å². The first-order valence-corrected chi connectivity index (χ1v) is 6.66. The molecule has 1 saturated carbocycles. The molecule has 4 atom stereocenters. The molecule has 0 N–H and O–H groups in total. The van der Waals surface area contributed by atoms with Crippen molar-refractivity contribution in [3.63, 3.8) is 0 Å². The second-order valence-electron chi connectivity index (χ2n) is 6.14. The van der Waals surface area contributed by atoms with Gasteiger partial charge < -0.3 is 0 Å². The van der Waals surface area contributed by atoms with E-state index < -0.39 is 0 Å². The molecule has 0 aromatic heterocycles. The number of fused-ring (bicyclic) bond motifs is 1. The van der Waals surface area contributed by atoms with E-state index in [-0.39, 0.29) is 11.7 Å². The third-order valence-corrected chi connectivity index (χ3v) is 4.56. The Morgan fingerprint density at radius 3 is 2.47 bits per heavy atom. The number of ketones is 2. The van der Waals surface area contributed by atoms with Crippen molar-refractivity contribution in [1.82, 2.24) is 0 Å². The molecule has 0 amide bonds. The molecule has 1 fully saturated rings. The van der Waals surface area contributed by atoms with E-state index >= 15 is 0 Å². The summed E-state index contributed by atoms with van der Waals surface area (Å²) in [4.78, 5) is 24.0. The number of rotatable bonds is 1. The monoisotopic (exact) mass is 234 g/mol. The molecule has 2 rings (SSSR count). The van der Waals surface area contributed by atoms with Gasteiger partial charge in [0.25, 0.3) is 0 Å². The number of Topliss-reactive ketones (excluding diaryl/α,β-unsaturated/α-hetero) is 2. The molecule has 0 bridgehead atoms. The van der Waals surface area contributed by atoms with Gasteiger partial charge in [-0.3, -0.25) is 9.59 Å². The van der Waals surface area contributed by atoms with Gasteiger partial charge >= 0.3 is 0 Å². The molecule has 0 heterocycles. The first kappa shape index (κ1) is 12.5. The fourth-order valence-electron chi connectivity index (χ4n) is 3.60. The van der Waals surface area contributed by atoms with Crippen LogP contribution in [0.3, 0.4) is 0 Å². The lowest BCUT2D eigenvalue weighted by atomic mass is 9.59. The molecule has 0 aromatic carbocycles. The number of hydrogen-bond donors (Lipinski definition) is 0. The molecular formula is C15H22O2. The van der Waals surface area contributed by atoms with Gasteiger partial charge in [0.2, 0.25) is 0 Å². The van der Waals surface area contributed by atoms with E-state index in [4.69, 9.17) is 0 Å². The van der Waals surface area contributed by atoms with E-state index in [1.54, 1.807) is 0 Å². The highest BCUT2D eigenvalue weighted by molar-refractivity contribution is 5.96. The topological polar surface area (TPSA) is 34.1 Å². The molecule has 0 aromatic rings. The highest BCUT2D eigenvalue weighted by Gasteiger charge is 2.45. The van der Waals surface area contributed by atoms with Crippen LogP contribution in [0, 0.1) is 29.6 Å². The van der Waals surface area contributed by atoms with Crippen LogP contribution in [0.2, 0.25) is 0 Å². The van der Waals surface area contributed by atoms with E-state index in [0.29, 0.717) is 42.3 Å². The van der Waals surface area contributed by atoms with Crippen molar-refractivity contribution in [3.05, 3.63) is 11.6 Å². The summed E-state index contributed by atoms with van der Waals surface area (Å²) in [6, 6.07) is 0. The zero-order chi connectivity index (χ0) is 12.7. The van der Waals surface area contributed by atoms with Gasteiger partial charge in [-0.05, 0) is 36.2 Å². The summed E-state index contributed by atoms with van der Waals surface area (Å²) in [5.41, 5.74) is 0.860. The third-order valence-electron chi connectivity index (χ3n) is 4.56. The lowest BCUT2D eigenvalue weighted by Crippen LogP contribution is -2.44. The number of carbonyl (C=O) groups excluding carboxylic acids is 2. The van der Waals surface area contributed by atoms with Gasteiger partial charge in [0, 0.05) is 18.8 Å². The summed E-state index contributed by atoms with van der Waals surface area (Å²) in [5, 5.41) is 0. The van der Waals surface area contributed by atoms with Crippen molar-refractivity contribution in [2.45, 2.75) is 40.5 Å². The van der Waals surface area contributed by atoms with Crippen molar-refractivity contribution in [2.75, 3.05) is 0 Å². The molecule has 2 aliphatic carbocycles. The Morgan fingerprint density at radius 2 is 1.88 bits per heavy atom. The number of allylic oxidation sites excluding steroid dienone is 2. The largest absolute Gasteiger partial charge is 0.299 e. The second kappa shape index (κ2) is 4.40. The molecule has 0 radical (unpaired) electrons. The van der Waals surface area contributed by atoms with E-state index in [1.165, 1.54) is 0 Å². The lowest BCUT2D eigenvalue weighted by Gasteiger charge is -2.43. The van der Waals surface area contributed by atoms with Gasteiger partial charge in [0.1, 0.15) is 5.78 Å². The molecule has 0 spiro atoms. The Morgan fingerprint density at radius 1 is 1.24 bits per heavy atom. The van der Waals surface area contributed by atoms with Gasteiger partial charge in [-0.2, -0.15) is 0 Å². The molecule has 94 valence electrons. The predicted octanol–water partition coefficient (Wildman–Crippen LogP) is 3.02. The standard InChI is InChI=1S/C15H22O2/c1-8(2)15-12-5-10(4)13(16)7-11(12)9(3)6-14(15)17/h5,8-9,11-12,15H,6-7H2,1-4H3/t9-,11+,12+,15+/m0/s1. The fraction of sp³-hybridized carbons (Fsp3) is 0.733. The molecular weight excluding hydrogens is 212 g/mol. The van der Waals surface area contributed by atoms with Crippen LogP contribution < -0.4 is 0 Å². The highest BCUT2D eigenvalue weighted by atomic mass is 16.1. The summed E-state index contributed by atoms with van der Waals surface area (Å²) in [7, 11) is 0. The van der Waals surface area contributed by atoms with Gasteiger partial charge in [0.05, 0.1) is 0 Å². The zero-order valence-electron chi connectivity index (χ0n) is 11.2. The van der Waals surface area contributed by atoms with E-state index in [0.717, 1.165) is 5.57 Å². The SMILES string of the molecule is CC1=C[C@@H]2[C@H](CC1=O)[C@@H](C)CC(=O)[C@@H]2C(C)C. The van der Waals surface area contributed by atoms with Crippen LogP contribution in [-0.2, 0) is 9.59 Å². The first-order chi connectivity index (χ1) is 7.91. The van der Waals surface area contributed by atoms with Crippen LogP contribution >= 0.6 is 0 Å². The maximum atomic E-state index is 12.2. The Bertz CT molecular complexity index is 378. The van der Waals surface area contributed by atoms with Crippen molar-refractivity contribution in [1.29, 1.82) is 0 Å². The molecule has 2 nitrogen and oxygen atoms in total. The van der Waals surface area contributed by atoms with Gasteiger partial charge in [-0.15, -0.1) is 0 Å². The molecule has 0 aliphatic heterocycles. The maximum Gasteiger partial charge on any atom is 0.158 e. The smallest absolute Gasteiger partial charge is 0.158 e. The zero-order valence-corrected chi connectivity index (χ0v) is 11.2. The van der Waals surface area contributed by atoms with Crippen LogP contribution in [0.5, 0.6) is 0 Å². The second-order valence-corrected chi connectivity index (χ2v) is 6.14. The van der Waals surface area contributed by atoms with E-state index in [1.807, 2.05) is 6.92 Å². The Labute approximate surface area is 103 Å². The number of hydrogen-bond acceptors (Lipinski definition) is 2. The summed E-state index contributed by atoms with van der Waals surface area (Å²) in [5.74, 6) is 2.21. The maximum absolute atomic E-state index is 12.2. The average Bonchev–Trinajstić information content (AvgIpc) is 2.20. The van der Waals surface area contributed by atoms with E-state index in [2.05, 4.69) is 26.8 Å². The molecule has 17 heavy (non-hydrogen) atoms. The summed E-state index contributed by atoms with van der Waals surface area (Å²) in [6.07, 6.45) is 3.38. The van der Waals surface area contributed by atoms with Crippen LogP contribution in [-0.4, -0.2) is 11.6 Å². The quantitative estimate of drug-likeness (QED) is 0.699. The summed E-state index contributed by atoms with van der Waals surface area (Å²) in [6.45, 7) is 8.25. The van der Waals surface area contributed by atoms with Crippen molar-refractivity contribution in [2.24, 2.45) is 29.6 Å². The number of carbonyl (C=O) groups is 2. The predicted molar refractivity (Wildman–Crippen MR) is 67.5 cm³/mol. The minimum atomic E-state index is 0.124. The van der Waals surface area contributed by atoms with E-state index in [9.17, 15) is 9.59 Å². The normalized spacial score (nSPS) is 38.1. The summed E-state index contributed by atoms with van der Waals surface area (Å²) >= 11 is 0. The van der Waals surface area contributed by atoms with Gasteiger partial charge in [-0.25, -0.2) is 0 Å². The van der Waals surface area contributed by atoms with Crippen LogP contribution in [0.15, 0.2) is 11.6 Å². The molecule has 2 heteroatoms. The van der Waals surface area contributed by atoms with Crippen molar-refractivity contribution in [3.8, 4) is 0 Å². The minimum Gasteiger partial charge on any atom is -0.299 e. The Hall–Kier alpha value is -0.920. The third kappa shape index (κ3) is 2.10. The molecule has 0 unspecified atom stereocenters. The minimum absolute atomic E-state index is 0.124. The summed E-state index contributed by atoms with van der Waals surface area (Å²) < 4.78 is 0. The van der Waals surface area contributed by atoms with Gasteiger partial charge in [-0.1, -0.05) is 26.8 Å².